The Bertz CT molecular complexity index is 486. The maximum absolute atomic E-state index is 12.9. The van der Waals surface area contributed by atoms with Crippen molar-refractivity contribution >= 4 is 5.97 Å². The second-order valence-electron chi connectivity index (χ2n) is 4.67. The van der Waals surface area contributed by atoms with Crippen molar-refractivity contribution in [2.45, 2.75) is 19.5 Å². The van der Waals surface area contributed by atoms with Crippen molar-refractivity contribution in [2.75, 3.05) is 20.3 Å². The molecule has 0 heterocycles. The Morgan fingerprint density at radius 3 is 2.57 bits per heavy atom. The summed E-state index contributed by atoms with van der Waals surface area (Å²) in [6.07, 6.45) is -4.21. The Morgan fingerprint density at radius 2 is 2.00 bits per heavy atom. The summed E-state index contributed by atoms with van der Waals surface area (Å²) in [6.45, 7) is 2.21. The summed E-state index contributed by atoms with van der Waals surface area (Å²) < 4.78 is 60.9. The molecule has 0 aliphatic heterocycles. The minimum atomic E-state index is -4.82. The maximum atomic E-state index is 12.9. The quantitative estimate of drug-likeness (QED) is 0.594. The van der Waals surface area contributed by atoms with Gasteiger partial charge in [0.15, 0.2) is 0 Å². The van der Waals surface area contributed by atoms with Crippen molar-refractivity contribution in [2.24, 2.45) is 5.92 Å². The predicted molar refractivity (Wildman–Crippen MR) is 67.3 cm³/mol. The topological polar surface area (TPSA) is 35.5 Å². The van der Waals surface area contributed by atoms with E-state index in [4.69, 9.17) is 9.47 Å². The van der Waals surface area contributed by atoms with Crippen LogP contribution in [0.3, 0.4) is 0 Å². The molecule has 0 bridgehead atoms. The second kappa shape index (κ2) is 7.40. The van der Waals surface area contributed by atoms with E-state index >= 15 is 0 Å². The van der Waals surface area contributed by atoms with E-state index in [0.29, 0.717) is 13.0 Å². The van der Waals surface area contributed by atoms with Gasteiger partial charge in [-0.3, -0.25) is 0 Å². The zero-order valence-corrected chi connectivity index (χ0v) is 11.7. The average molecular weight is 308 g/mol. The van der Waals surface area contributed by atoms with Crippen LogP contribution in [0, 0.1) is 11.7 Å². The average Bonchev–Trinajstić information content (AvgIpc) is 2.41. The second-order valence-corrected chi connectivity index (χ2v) is 4.67. The first kappa shape index (κ1) is 17.4. The van der Waals surface area contributed by atoms with Crippen molar-refractivity contribution < 1.29 is 31.8 Å². The highest BCUT2D eigenvalue weighted by atomic mass is 19.4. The number of ether oxygens (including phenoxy) is 2. The van der Waals surface area contributed by atoms with Crippen molar-refractivity contribution in [1.29, 1.82) is 0 Å². The number of hydrogen-bond acceptors (Lipinski definition) is 3. The molecule has 0 fully saturated rings. The van der Waals surface area contributed by atoms with Crippen LogP contribution in [0.25, 0.3) is 0 Å². The highest BCUT2D eigenvalue weighted by molar-refractivity contribution is 5.91. The monoisotopic (exact) mass is 308 g/mol. The molecule has 1 rings (SSSR count). The molecule has 0 N–H and O–H groups in total. The van der Waals surface area contributed by atoms with Gasteiger partial charge in [0.1, 0.15) is 5.82 Å². The molecular formula is C14H16F4O3. The minimum Gasteiger partial charge on any atom is -0.462 e. The van der Waals surface area contributed by atoms with Gasteiger partial charge in [-0.1, -0.05) is 6.92 Å². The lowest BCUT2D eigenvalue weighted by Crippen LogP contribution is -2.18. The molecule has 0 aliphatic carbocycles. The standard InChI is InChI=1S/C14H16F4O3/c1-9(5-6-20-2)8-21-13(19)11-4-3-10(15)7-12(11)14(16,17)18/h3-4,7,9H,5-6,8H2,1-2H3. The van der Waals surface area contributed by atoms with Gasteiger partial charge in [-0.05, 0) is 30.5 Å². The van der Waals surface area contributed by atoms with Gasteiger partial charge in [0.25, 0.3) is 0 Å². The summed E-state index contributed by atoms with van der Waals surface area (Å²) in [6, 6.07) is 1.85. The molecule has 1 aromatic carbocycles. The number of hydrogen-bond donors (Lipinski definition) is 0. The lowest BCUT2D eigenvalue weighted by Gasteiger charge is -2.14. The number of esters is 1. The molecule has 7 heteroatoms. The van der Waals surface area contributed by atoms with Gasteiger partial charge in [0, 0.05) is 13.7 Å². The summed E-state index contributed by atoms with van der Waals surface area (Å²) in [5, 5.41) is 0. The smallest absolute Gasteiger partial charge is 0.417 e. The molecule has 0 saturated heterocycles. The molecule has 1 aromatic rings. The zero-order valence-electron chi connectivity index (χ0n) is 11.7. The van der Waals surface area contributed by atoms with Gasteiger partial charge >= 0.3 is 12.1 Å². The molecule has 3 nitrogen and oxygen atoms in total. The summed E-state index contributed by atoms with van der Waals surface area (Å²) >= 11 is 0. The van der Waals surface area contributed by atoms with E-state index in [1.54, 1.807) is 6.92 Å². The number of alkyl halides is 3. The van der Waals surface area contributed by atoms with E-state index in [9.17, 15) is 22.4 Å². The fraction of sp³-hybridized carbons (Fsp3) is 0.500. The zero-order chi connectivity index (χ0) is 16.0. The summed E-state index contributed by atoms with van der Waals surface area (Å²) in [4.78, 5) is 11.7. The maximum Gasteiger partial charge on any atom is 0.417 e. The van der Waals surface area contributed by atoms with Crippen molar-refractivity contribution in [3.63, 3.8) is 0 Å². The summed E-state index contributed by atoms with van der Waals surface area (Å²) in [5.41, 5.74) is -2.03. The third-order valence-corrected chi connectivity index (χ3v) is 2.82. The van der Waals surface area contributed by atoms with Gasteiger partial charge in [0.05, 0.1) is 17.7 Å². The first-order valence-electron chi connectivity index (χ1n) is 6.28. The van der Waals surface area contributed by atoms with Crippen LogP contribution >= 0.6 is 0 Å². The molecular weight excluding hydrogens is 292 g/mol. The fourth-order valence-corrected chi connectivity index (χ4v) is 1.63. The van der Waals surface area contributed by atoms with E-state index in [2.05, 4.69) is 0 Å². The van der Waals surface area contributed by atoms with Gasteiger partial charge < -0.3 is 9.47 Å². The first-order valence-corrected chi connectivity index (χ1v) is 6.28. The van der Waals surface area contributed by atoms with E-state index in [-0.39, 0.29) is 18.6 Å². The van der Waals surface area contributed by atoms with Crippen LogP contribution in [0.5, 0.6) is 0 Å². The van der Waals surface area contributed by atoms with Crippen LogP contribution in [0.1, 0.15) is 29.3 Å². The number of carbonyl (C=O) groups excluding carboxylic acids is 1. The lowest BCUT2D eigenvalue weighted by molar-refractivity contribution is -0.138. The van der Waals surface area contributed by atoms with E-state index in [1.807, 2.05) is 0 Å². The van der Waals surface area contributed by atoms with E-state index in [0.717, 1.165) is 12.1 Å². The molecule has 1 unspecified atom stereocenters. The predicted octanol–water partition coefficient (Wildman–Crippen LogP) is 3.67. The molecule has 0 saturated carbocycles. The SMILES string of the molecule is COCCC(C)COC(=O)c1ccc(F)cc1C(F)(F)F. The minimum absolute atomic E-state index is 0.0309. The third kappa shape index (κ3) is 5.34. The number of rotatable bonds is 6. The van der Waals surface area contributed by atoms with Crippen LogP contribution in [0.4, 0.5) is 17.6 Å². The number of halogens is 4. The van der Waals surface area contributed by atoms with E-state index in [1.165, 1.54) is 7.11 Å². The van der Waals surface area contributed by atoms with Crippen LogP contribution in [-0.4, -0.2) is 26.3 Å². The summed E-state index contributed by atoms with van der Waals surface area (Å²) in [5.74, 6) is -2.23. The Balaban J connectivity index is 2.79. The molecule has 0 aliphatic rings. The Morgan fingerprint density at radius 1 is 1.33 bits per heavy atom. The van der Waals surface area contributed by atoms with Gasteiger partial charge in [0.2, 0.25) is 0 Å². The largest absolute Gasteiger partial charge is 0.462 e. The number of benzene rings is 1. The fourth-order valence-electron chi connectivity index (χ4n) is 1.63. The Kier molecular flexibility index (Phi) is 6.14. The Labute approximate surface area is 119 Å². The van der Waals surface area contributed by atoms with Crippen LogP contribution < -0.4 is 0 Å². The van der Waals surface area contributed by atoms with E-state index < -0.39 is 29.1 Å². The molecule has 1 atom stereocenters. The van der Waals surface area contributed by atoms with Crippen LogP contribution in [0.2, 0.25) is 0 Å². The lowest BCUT2D eigenvalue weighted by atomic mass is 10.1. The van der Waals surface area contributed by atoms with Crippen molar-refractivity contribution in [3.05, 3.63) is 35.1 Å². The number of methoxy groups -OCH3 is 1. The molecule has 21 heavy (non-hydrogen) atoms. The highest BCUT2D eigenvalue weighted by Crippen LogP contribution is 2.32. The highest BCUT2D eigenvalue weighted by Gasteiger charge is 2.36. The van der Waals surface area contributed by atoms with Gasteiger partial charge in [-0.15, -0.1) is 0 Å². The normalized spacial score (nSPS) is 13.0. The first-order chi connectivity index (χ1) is 9.75. The van der Waals surface area contributed by atoms with Crippen LogP contribution in [0.15, 0.2) is 18.2 Å². The molecule has 118 valence electrons. The van der Waals surface area contributed by atoms with Gasteiger partial charge in [-0.2, -0.15) is 13.2 Å². The summed E-state index contributed by atoms with van der Waals surface area (Å²) in [7, 11) is 1.52. The molecule has 0 amide bonds. The molecule has 0 radical (unpaired) electrons. The molecule has 0 aromatic heterocycles. The van der Waals surface area contributed by atoms with Crippen LogP contribution in [-0.2, 0) is 15.7 Å². The third-order valence-electron chi connectivity index (χ3n) is 2.82. The number of carbonyl (C=O) groups is 1. The molecule has 0 spiro atoms. The Hall–Kier alpha value is -1.63. The van der Waals surface area contributed by atoms with Crippen molar-refractivity contribution in [1.82, 2.24) is 0 Å². The van der Waals surface area contributed by atoms with Crippen molar-refractivity contribution in [3.8, 4) is 0 Å². The van der Waals surface area contributed by atoms with Gasteiger partial charge in [-0.25, -0.2) is 9.18 Å².